The van der Waals surface area contributed by atoms with Gasteiger partial charge in [-0.05, 0) is 142 Å². The lowest BCUT2D eigenvalue weighted by atomic mass is 9.93. The maximum Gasteiger partial charge on any atom is 0.0467 e. The molecule has 0 radical (unpaired) electrons. The van der Waals surface area contributed by atoms with E-state index >= 15 is 0 Å². The zero-order chi connectivity index (χ0) is 37.7. The first-order chi connectivity index (χ1) is 28.2. The smallest absolute Gasteiger partial charge is 0.0467 e. The molecule has 0 bridgehead atoms. The van der Waals surface area contributed by atoms with Crippen molar-refractivity contribution >= 4 is 70.9 Å². The SMILES string of the molecule is c1cc(-c2ccc3ccccc3c2)cc(N(c2ccc(-c3cc4ccccc4c4ccccc34)cc2)c2ccc(-c3cc4ccccc4c4ccccc34)cc2)c1. The molecule has 0 aromatic heterocycles. The van der Waals surface area contributed by atoms with Crippen LogP contribution in [0.3, 0.4) is 0 Å². The summed E-state index contributed by atoms with van der Waals surface area (Å²) in [5, 5.41) is 12.6. The van der Waals surface area contributed by atoms with Gasteiger partial charge in [0.05, 0.1) is 0 Å². The average molecular weight is 724 g/mol. The Labute approximate surface area is 332 Å². The molecule has 0 atom stereocenters. The molecule has 11 rings (SSSR count). The Bertz CT molecular complexity index is 3120. The minimum atomic E-state index is 1.10. The first-order valence-electron chi connectivity index (χ1n) is 19.7. The molecule has 57 heavy (non-hydrogen) atoms. The van der Waals surface area contributed by atoms with Crippen LogP contribution in [0.2, 0.25) is 0 Å². The number of nitrogens with zero attached hydrogens (tertiary/aromatic N) is 1. The molecule has 0 amide bonds. The van der Waals surface area contributed by atoms with Gasteiger partial charge in [-0.3, -0.25) is 0 Å². The molecule has 0 N–H and O–H groups in total. The van der Waals surface area contributed by atoms with Crippen molar-refractivity contribution < 1.29 is 0 Å². The van der Waals surface area contributed by atoms with Crippen molar-refractivity contribution in [1.82, 2.24) is 0 Å². The van der Waals surface area contributed by atoms with Gasteiger partial charge in [0, 0.05) is 17.1 Å². The maximum atomic E-state index is 2.38. The lowest BCUT2D eigenvalue weighted by Gasteiger charge is -2.26. The van der Waals surface area contributed by atoms with Crippen molar-refractivity contribution in [3.8, 4) is 33.4 Å². The maximum absolute atomic E-state index is 2.38. The Morgan fingerprint density at radius 3 is 1.18 bits per heavy atom. The van der Waals surface area contributed by atoms with E-state index in [0.717, 1.165) is 17.1 Å². The van der Waals surface area contributed by atoms with Gasteiger partial charge in [0.2, 0.25) is 0 Å². The predicted octanol–water partition coefficient (Wildman–Crippen LogP) is 15.9. The first kappa shape index (κ1) is 32.9. The molecule has 1 nitrogen and oxygen atoms in total. The Hall–Kier alpha value is -7.48. The van der Waals surface area contributed by atoms with Crippen LogP contribution >= 0.6 is 0 Å². The molecule has 11 aromatic carbocycles. The molecule has 0 aliphatic heterocycles. The topological polar surface area (TPSA) is 3.24 Å². The highest BCUT2D eigenvalue weighted by molar-refractivity contribution is 6.15. The summed E-state index contributed by atoms with van der Waals surface area (Å²) in [6.45, 7) is 0. The van der Waals surface area contributed by atoms with Crippen molar-refractivity contribution in [1.29, 1.82) is 0 Å². The van der Waals surface area contributed by atoms with Gasteiger partial charge in [-0.25, -0.2) is 0 Å². The summed E-state index contributed by atoms with van der Waals surface area (Å²) in [6.07, 6.45) is 0. The molecule has 0 heterocycles. The second-order valence-electron chi connectivity index (χ2n) is 14.9. The molecule has 11 aromatic rings. The molecular formula is C56H37N. The van der Waals surface area contributed by atoms with Crippen molar-refractivity contribution in [3.63, 3.8) is 0 Å². The number of fused-ring (bicyclic) bond motifs is 7. The van der Waals surface area contributed by atoms with Crippen LogP contribution in [0.5, 0.6) is 0 Å². The minimum absolute atomic E-state index is 1.10. The number of rotatable bonds is 6. The number of benzene rings is 11. The van der Waals surface area contributed by atoms with Gasteiger partial charge in [0.1, 0.15) is 0 Å². The summed E-state index contributed by atoms with van der Waals surface area (Å²) in [4.78, 5) is 2.38. The molecule has 0 aliphatic rings. The predicted molar refractivity (Wildman–Crippen MR) is 245 cm³/mol. The van der Waals surface area contributed by atoms with E-state index < -0.39 is 0 Å². The molecule has 0 spiro atoms. The fourth-order valence-corrected chi connectivity index (χ4v) is 8.81. The van der Waals surface area contributed by atoms with Crippen molar-refractivity contribution in [2.24, 2.45) is 0 Å². The molecule has 0 fully saturated rings. The fourth-order valence-electron chi connectivity index (χ4n) is 8.81. The summed E-state index contributed by atoms with van der Waals surface area (Å²) in [6, 6.07) is 82.1. The van der Waals surface area contributed by atoms with Gasteiger partial charge in [0.15, 0.2) is 0 Å². The van der Waals surface area contributed by atoms with Crippen molar-refractivity contribution in [3.05, 3.63) is 224 Å². The van der Waals surface area contributed by atoms with E-state index in [1.165, 1.54) is 87.2 Å². The van der Waals surface area contributed by atoms with E-state index in [-0.39, 0.29) is 0 Å². The Balaban J connectivity index is 1.04. The van der Waals surface area contributed by atoms with Gasteiger partial charge in [-0.15, -0.1) is 0 Å². The van der Waals surface area contributed by atoms with E-state index in [0.29, 0.717) is 0 Å². The first-order valence-corrected chi connectivity index (χ1v) is 19.7. The highest BCUT2D eigenvalue weighted by atomic mass is 15.1. The summed E-state index contributed by atoms with van der Waals surface area (Å²) in [7, 11) is 0. The lowest BCUT2D eigenvalue weighted by Crippen LogP contribution is -2.10. The van der Waals surface area contributed by atoms with Crippen LogP contribution in [0, 0.1) is 0 Å². The normalized spacial score (nSPS) is 11.5. The van der Waals surface area contributed by atoms with Crippen molar-refractivity contribution in [2.45, 2.75) is 0 Å². The van der Waals surface area contributed by atoms with E-state index in [4.69, 9.17) is 0 Å². The van der Waals surface area contributed by atoms with E-state index in [1.54, 1.807) is 0 Å². The Morgan fingerprint density at radius 1 is 0.211 bits per heavy atom. The minimum Gasteiger partial charge on any atom is -0.310 e. The zero-order valence-electron chi connectivity index (χ0n) is 31.3. The van der Waals surface area contributed by atoms with Gasteiger partial charge < -0.3 is 4.90 Å². The third kappa shape index (κ3) is 5.80. The molecule has 0 saturated carbocycles. The number of hydrogen-bond acceptors (Lipinski definition) is 1. The van der Waals surface area contributed by atoms with Gasteiger partial charge in [0.25, 0.3) is 0 Å². The Morgan fingerprint density at radius 2 is 0.632 bits per heavy atom. The van der Waals surface area contributed by atoms with E-state index in [2.05, 4.69) is 229 Å². The summed E-state index contributed by atoms with van der Waals surface area (Å²) in [5.41, 5.74) is 10.6. The van der Waals surface area contributed by atoms with Crippen LogP contribution < -0.4 is 4.90 Å². The van der Waals surface area contributed by atoms with Crippen molar-refractivity contribution in [2.75, 3.05) is 4.90 Å². The summed E-state index contributed by atoms with van der Waals surface area (Å²) in [5.74, 6) is 0. The van der Waals surface area contributed by atoms with Crippen LogP contribution in [-0.4, -0.2) is 0 Å². The third-order valence-electron chi connectivity index (χ3n) is 11.6. The highest BCUT2D eigenvalue weighted by Crippen LogP contribution is 2.42. The fraction of sp³-hybridized carbons (Fsp3) is 0. The second kappa shape index (κ2) is 13.7. The van der Waals surface area contributed by atoms with Crippen LogP contribution in [0.4, 0.5) is 17.1 Å². The monoisotopic (exact) mass is 723 g/mol. The molecule has 0 saturated heterocycles. The molecule has 266 valence electrons. The zero-order valence-corrected chi connectivity index (χ0v) is 31.3. The quantitative estimate of drug-likeness (QED) is 0.154. The van der Waals surface area contributed by atoms with Gasteiger partial charge >= 0.3 is 0 Å². The average Bonchev–Trinajstić information content (AvgIpc) is 3.29. The summed E-state index contributed by atoms with van der Waals surface area (Å²) >= 11 is 0. The summed E-state index contributed by atoms with van der Waals surface area (Å²) < 4.78 is 0. The number of anilines is 3. The van der Waals surface area contributed by atoms with Crippen LogP contribution in [0.25, 0.3) is 87.2 Å². The molecule has 1 heteroatoms. The highest BCUT2D eigenvalue weighted by Gasteiger charge is 2.16. The van der Waals surface area contributed by atoms with E-state index in [1.807, 2.05) is 0 Å². The lowest BCUT2D eigenvalue weighted by molar-refractivity contribution is 1.28. The largest absolute Gasteiger partial charge is 0.310 e. The molecular weight excluding hydrogens is 687 g/mol. The van der Waals surface area contributed by atoms with E-state index in [9.17, 15) is 0 Å². The van der Waals surface area contributed by atoms with Crippen LogP contribution in [0.15, 0.2) is 224 Å². The van der Waals surface area contributed by atoms with Crippen LogP contribution in [-0.2, 0) is 0 Å². The van der Waals surface area contributed by atoms with Gasteiger partial charge in [-0.1, -0.05) is 170 Å². The number of hydrogen-bond donors (Lipinski definition) is 0. The third-order valence-corrected chi connectivity index (χ3v) is 11.6. The Kier molecular flexibility index (Phi) is 7.89. The second-order valence-corrected chi connectivity index (χ2v) is 14.9. The van der Waals surface area contributed by atoms with Gasteiger partial charge in [-0.2, -0.15) is 0 Å². The standard InChI is InChI=1S/C56H37N/c1-2-13-41-34-43(25-24-38(41)12-1)42-16-11-17-48(35-42)57(46-30-26-39(27-31-46)55-36-44-14-3-5-18-49(44)51-20-7-9-22-53(51)55)47-32-28-40(29-33-47)56-37-45-15-4-6-19-50(45)52-21-8-10-23-54(52)56/h1-37H. The molecule has 0 aliphatic carbocycles. The van der Waals surface area contributed by atoms with Crippen LogP contribution in [0.1, 0.15) is 0 Å². The molecule has 0 unspecified atom stereocenters.